The van der Waals surface area contributed by atoms with Crippen LogP contribution in [-0.2, 0) is 4.74 Å². The van der Waals surface area contributed by atoms with E-state index in [9.17, 15) is 4.39 Å². The number of hydrogen-bond acceptors (Lipinski definition) is 2. The van der Waals surface area contributed by atoms with Crippen molar-refractivity contribution in [2.45, 2.75) is 19.9 Å². The van der Waals surface area contributed by atoms with Crippen LogP contribution >= 0.6 is 12.2 Å². The van der Waals surface area contributed by atoms with Gasteiger partial charge in [0.15, 0.2) is 5.11 Å². The molecule has 2 aromatic carbocycles. The first-order chi connectivity index (χ1) is 13.0. The Morgan fingerprint density at radius 3 is 2.56 bits per heavy atom. The molecule has 0 unspecified atom stereocenters. The molecule has 1 fully saturated rings. The number of thiocarbonyl (C=S) groups is 1. The number of nitrogens with one attached hydrogen (secondary N) is 3. The summed E-state index contributed by atoms with van der Waals surface area (Å²) in [4.78, 5) is 1.43. The van der Waals surface area contributed by atoms with Crippen molar-refractivity contribution in [3.8, 4) is 0 Å². The molecule has 0 amide bonds. The average molecular weight is 389 g/mol. The fraction of sp³-hybridized carbons (Fsp3) is 0.381. The first-order valence-corrected chi connectivity index (χ1v) is 9.74. The molecule has 0 aliphatic carbocycles. The van der Waals surface area contributed by atoms with Gasteiger partial charge in [-0.15, -0.1) is 0 Å². The number of halogens is 1. The van der Waals surface area contributed by atoms with Crippen molar-refractivity contribution in [3.63, 3.8) is 0 Å². The fourth-order valence-electron chi connectivity index (χ4n) is 3.42. The molecule has 0 spiro atoms. The molecule has 4 nitrogen and oxygen atoms in total. The van der Waals surface area contributed by atoms with Crippen molar-refractivity contribution >= 4 is 23.0 Å². The molecule has 144 valence electrons. The van der Waals surface area contributed by atoms with E-state index in [0.717, 1.165) is 37.6 Å². The highest BCUT2D eigenvalue weighted by molar-refractivity contribution is 7.80. The Morgan fingerprint density at radius 2 is 1.85 bits per heavy atom. The highest BCUT2D eigenvalue weighted by Gasteiger charge is 2.26. The number of morpholine rings is 1. The summed E-state index contributed by atoms with van der Waals surface area (Å²) in [6, 6.07) is 13.1. The zero-order chi connectivity index (χ0) is 19.2. The lowest BCUT2D eigenvalue weighted by Crippen LogP contribution is -3.15. The summed E-state index contributed by atoms with van der Waals surface area (Å²) in [6.45, 7) is 8.21. The minimum Gasteiger partial charge on any atom is -0.370 e. The van der Waals surface area contributed by atoms with Gasteiger partial charge in [0.25, 0.3) is 0 Å². The largest absolute Gasteiger partial charge is 0.370 e. The minimum atomic E-state index is -0.213. The van der Waals surface area contributed by atoms with Gasteiger partial charge in [0.1, 0.15) is 24.9 Å². The van der Waals surface area contributed by atoms with Gasteiger partial charge in [-0.3, -0.25) is 0 Å². The van der Waals surface area contributed by atoms with Crippen LogP contribution in [0, 0.1) is 19.7 Å². The maximum absolute atomic E-state index is 13.3. The lowest BCUT2D eigenvalue weighted by molar-refractivity contribution is -0.937. The quantitative estimate of drug-likeness (QED) is 0.688. The van der Waals surface area contributed by atoms with E-state index in [0.29, 0.717) is 11.7 Å². The molecule has 1 aliphatic rings. The highest BCUT2D eigenvalue weighted by atomic mass is 32.1. The molecule has 1 atom stereocenters. The number of anilines is 1. The lowest BCUT2D eigenvalue weighted by Gasteiger charge is -2.32. The third-order valence-corrected chi connectivity index (χ3v) is 5.47. The molecule has 1 heterocycles. The summed E-state index contributed by atoms with van der Waals surface area (Å²) in [5.41, 5.74) is 4.54. The monoisotopic (exact) mass is 388 g/mol. The topological polar surface area (TPSA) is 37.7 Å². The first kappa shape index (κ1) is 19.7. The summed E-state index contributed by atoms with van der Waals surface area (Å²) in [6.07, 6.45) is 0. The van der Waals surface area contributed by atoms with Crippen LogP contribution in [0.4, 0.5) is 10.1 Å². The van der Waals surface area contributed by atoms with Crippen LogP contribution in [0.3, 0.4) is 0 Å². The van der Waals surface area contributed by atoms with Gasteiger partial charge in [-0.1, -0.05) is 24.3 Å². The van der Waals surface area contributed by atoms with Crippen molar-refractivity contribution < 1.29 is 14.0 Å². The normalized spacial score (nSPS) is 16.0. The molecule has 0 aromatic heterocycles. The zero-order valence-electron chi connectivity index (χ0n) is 15.8. The smallest absolute Gasteiger partial charge is 0.171 e. The van der Waals surface area contributed by atoms with E-state index in [4.69, 9.17) is 17.0 Å². The van der Waals surface area contributed by atoms with Crippen molar-refractivity contribution in [3.05, 3.63) is 65.0 Å². The fourth-order valence-corrected chi connectivity index (χ4v) is 3.62. The van der Waals surface area contributed by atoms with E-state index in [2.05, 4.69) is 30.5 Å². The van der Waals surface area contributed by atoms with Crippen molar-refractivity contribution in [2.24, 2.45) is 0 Å². The maximum Gasteiger partial charge on any atom is 0.171 e. The highest BCUT2D eigenvalue weighted by Crippen LogP contribution is 2.18. The minimum absolute atomic E-state index is 0.188. The molecule has 0 radical (unpaired) electrons. The average Bonchev–Trinajstić information content (AvgIpc) is 2.68. The van der Waals surface area contributed by atoms with Gasteiger partial charge >= 0.3 is 0 Å². The number of hydrogen-bond donors (Lipinski definition) is 3. The second kappa shape index (κ2) is 9.26. The molecule has 0 bridgehead atoms. The summed E-state index contributed by atoms with van der Waals surface area (Å²) < 4.78 is 18.8. The van der Waals surface area contributed by atoms with Crippen LogP contribution in [0.5, 0.6) is 0 Å². The lowest BCUT2D eigenvalue weighted by atomic mass is 10.0. The number of ether oxygens (including phenoxy) is 1. The van der Waals surface area contributed by atoms with Crippen molar-refractivity contribution in [1.82, 2.24) is 5.32 Å². The molecule has 0 saturated carbocycles. The number of quaternary nitrogens is 1. The molecule has 3 rings (SSSR count). The Labute approximate surface area is 165 Å². The van der Waals surface area contributed by atoms with Crippen LogP contribution < -0.4 is 15.5 Å². The third-order valence-electron chi connectivity index (χ3n) is 5.22. The van der Waals surface area contributed by atoms with Gasteiger partial charge in [-0.05, 0) is 55.4 Å². The van der Waals surface area contributed by atoms with Crippen LogP contribution in [0.15, 0.2) is 42.5 Å². The summed E-state index contributed by atoms with van der Waals surface area (Å²) in [7, 11) is 0. The van der Waals surface area contributed by atoms with Crippen LogP contribution in [0.1, 0.15) is 22.7 Å². The van der Waals surface area contributed by atoms with Crippen molar-refractivity contribution in [2.75, 3.05) is 38.2 Å². The van der Waals surface area contributed by atoms with Crippen LogP contribution in [0.25, 0.3) is 0 Å². The second-order valence-corrected chi connectivity index (χ2v) is 7.37. The van der Waals surface area contributed by atoms with E-state index < -0.39 is 0 Å². The van der Waals surface area contributed by atoms with Gasteiger partial charge in [0.2, 0.25) is 0 Å². The Kier molecular flexibility index (Phi) is 6.77. The van der Waals surface area contributed by atoms with E-state index in [1.54, 1.807) is 0 Å². The first-order valence-electron chi connectivity index (χ1n) is 9.33. The van der Waals surface area contributed by atoms with E-state index in [1.807, 2.05) is 24.3 Å². The van der Waals surface area contributed by atoms with Gasteiger partial charge in [-0.2, -0.15) is 0 Å². The van der Waals surface area contributed by atoms with E-state index in [1.165, 1.54) is 28.2 Å². The second-order valence-electron chi connectivity index (χ2n) is 6.96. The molecule has 1 aliphatic heterocycles. The maximum atomic E-state index is 13.3. The van der Waals surface area contributed by atoms with E-state index in [-0.39, 0.29) is 11.9 Å². The Balaban J connectivity index is 1.67. The van der Waals surface area contributed by atoms with Gasteiger partial charge < -0.3 is 20.3 Å². The van der Waals surface area contributed by atoms with Crippen LogP contribution in [-0.4, -0.2) is 38.0 Å². The molecule has 2 aromatic rings. The predicted molar refractivity (Wildman–Crippen MR) is 111 cm³/mol. The molecular weight excluding hydrogens is 361 g/mol. The molecule has 27 heavy (non-hydrogen) atoms. The zero-order valence-corrected chi connectivity index (χ0v) is 16.7. The van der Waals surface area contributed by atoms with Gasteiger partial charge in [-0.25, -0.2) is 4.39 Å². The standard InChI is InChI=1S/C21H26FN3OS/c1-15-4-3-5-19(16(15)2)24-21(27)23-14-20(25-10-12-26-13-11-25)17-6-8-18(22)9-7-17/h3-9,20H,10-14H2,1-2H3,(H2,23,24,27)/p+1/t20-/m1/s1. The van der Waals surface area contributed by atoms with E-state index >= 15 is 0 Å². The van der Waals surface area contributed by atoms with Gasteiger partial charge in [0, 0.05) is 11.3 Å². The molecule has 1 saturated heterocycles. The number of rotatable bonds is 5. The Morgan fingerprint density at radius 1 is 1.15 bits per heavy atom. The predicted octanol–water partition coefficient (Wildman–Crippen LogP) is 2.39. The van der Waals surface area contributed by atoms with Crippen molar-refractivity contribution in [1.29, 1.82) is 0 Å². The Hall–Kier alpha value is -2.02. The third kappa shape index (κ3) is 5.25. The number of aryl methyl sites for hydroxylation is 1. The van der Waals surface area contributed by atoms with Crippen LogP contribution in [0.2, 0.25) is 0 Å². The Bertz CT molecular complexity index is 775. The molecule has 6 heteroatoms. The van der Waals surface area contributed by atoms with Gasteiger partial charge in [0.05, 0.1) is 19.8 Å². The summed E-state index contributed by atoms with van der Waals surface area (Å²) in [5, 5.41) is 7.25. The summed E-state index contributed by atoms with van der Waals surface area (Å²) in [5.74, 6) is -0.213. The summed E-state index contributed by atoms with van der Waals surface area (Å²) >= 11 is 5.51. The molecule has 3 N–H and O–H groups in total. The number of benzene rings is 2. The SMILES string of the molecule is Cc1cccc(NC(=S)NC[C@H](c2ccc(F)cc2)[NH+]2CCOCC2)c1C. The molecular formula is C21H27FN3OS+.